The second-order valence-electron chi connectivity index (χ2n) is 4.99. The molecule has 0 radical (unpaired) electrons. The van der Waals surface area contributed by atoms with Crippen molar-refractivity contribution in [2.45, 2.75) is 32.5 Å². The number of aryl methyl sites for hydroxylation is 1. The van der Waals surface area contributed by atoms with Crippen LogP contribution in [0.25, 0.3) is 0 Å². The Morgan fingerprint density at radius 3 is 2.94 bits per heavy atom. The first-order valence-corrected chi connectivity index (χ1v) is 6.69. The standard InChI is InChI=1S/C14H20ClNO2/c1-10-5-13(15)4-3-12(10)6-16-7-14(8-17)18-9-11(16)2/h3-5,11,14,17H,6-9H2,1-2H3/t11-,14-/m0/s1. The van der Waals surface area contributed by atoms with Gasteiger partial charge in [0, 0.05) is 24.2 Å². The quantitative estimate of drug-likeness (QED) is 0.913. The molecule has 1 heterocycles. The Morgan fingerprint density at radius 2 is 2.28 bits per heavy atom. The molecule has 18 heavy (non-hydrogen) atoms. The predicted molar refractivity (Wildman–Crippen MR) is 72.9 cm³/mol. The Morgan fingerprint density at radius 1 is 1.50 bits per heavy atom. The fourth-order valence-corrected chi connectivity index (χ4v) is 2.49. The van der Waals surface area contributed by atoms with E-state index < -0.39 is 0 Å². The molecule has 0 unspecified atom stereocenters. The largest absolute Gasteiger partial charge is 0.394 e. The van der Waals surface area contributed by atoms with Crippen molar-refractivity contribution < 1.29 is 9.84 Å². The van der Waals surface area contributed by atoms with Gasteiger partial charge in [-0.25, -0.2) is 0 Å². The highest BCUT2D eigenvalue weighted by atomic mass is 35.5. The van der Waals surface area contributed by atoms with E-state index in [1.807, 2.05) is 12.1 Å². The third-order valence-corrected chi connectivity index (χ3v) is 3.75. The van der Waals surface area contributed by atoms with Crippen LogP contribution in [-0.4, -0.2) is 41.9 Å². The average molecular weight is 270 g/mol. The van der Waals surface area contributed by atoms with Gasteiger partial charge in [-0.3, -0.25) is 4.90 Å². The fourth-order valence-electron chi connectivity index (χ4n) is 2.26. The van der Waals surface area contributed by atoms with Crippen molar-refractivity contribution in [1.29, 1.82) is 0 Å². The summed E-state index contributed by atoms with van der Waals surface area (Å²) in [6, 6.07) is 6.38. The average Bonchev–Trinajstić information content (AvgIpc) is 2.35. The van der Waals surface area contributed by atoms with E-state index in [0.29, 0.717) is 12.6 Å². The molecule has 1 aliphatic heterocycles. The van der Waals surface area contributed by atoms with Crippen LogP contribution in [0.2, 0.25) is 5.02 Å². The summed E-state index contributed by atoms with van der Waals surface area (Å²) in [6.45, 7) is 6.65. The zero-order valence-electron chi connectivity index (χ0n) is 10.9. The van der Waals surface area contributed by atoms with Crippen LogP contribution in [0.5, 0.6) is 0 Å². The van der Waals surface area contributed by atoms with E-state index in [1.54, 1.807) is 0 Å². The second kappa shape index (κ2) is 6.02. The molecule has 1 fully saturated rings. The minimum atomic E-state index is -0.0613. The molecule has 4 heteroatoms. The molecule has 0 saturated carbocycles. The van der Waals surface area contributed by atoms with Crippen molar-refractivity contribution in [2.24, 2.45) is 0 Å². The maximum Gasteiger partial charge on any atom is 0.0933 e. The maximum atomic E-state index is 9.18. The van der Waals surface area contributed by atoms with Gasteiger partial charge in [0.2, 0.25) is 0 Å². The van der Waals surface area contributed by atoms with E-state index in [0.717, 1.165) is 18.1 Å². The molecule has 1 saturated heterocycles. The Labute approximate surface area is 113 Å². The molecule has 1 aromatic carbocycles. The van der Waals surface area contributed by atoms with E-state index in [4.69, 9.17) is 16.3 Å². The van der Waals surface area contributed by atoms with Gasteiger partial charge in [0.15, 0.2) is 0 Å². The minimum Gasteiger partial charge on any atom is -0.394 e. The van der Waals surface area contributed by atoms with E-state index in [-0.39, 0.29) is 12.7 Å². The van der Waals surface area contributed by atoms with Gasteiger partial charge in [-0.1, -0.05) is 17.7 Å². The number of aliphatic hydroxyl groups excluding tert-OH is 1. The van der Waals surface area contributed by atoms with Crippen LogP contribution in [0.4, 0.5) is 0 Å². The summed E-state index contributed by atoms with van der Waals surface area (Å²) in [5.41, 5.74) is 2.49. The lowest BCUT2D eigenvalue weighted by atomic mass is 10.1. The van der Waals surface area contributed by atoms with Crippen LogP contribution in [-0.2, 0) is 11.3 Å². The number of nitrogens with zero attached hydrogens (tertiary/aromatic N) is 1. The van der Waals surface area contributed by atoms with Gasteiger partial charge in [-0.15, -0.1) is 0 Å². The van der Waals surface area contributed by atoms with Gasteiger partial charge in [0.05, 0.1) is 19.3 Å². The van der Waals surface area contributed by atoms with Gasteiger partial charge in [0.1, 0.15) is 0 Å². The number of benzene rings is 1. The van der Waals surface area contributed by atoms with Crippen LogP contribution in [0.3, 0.4) is 0 Å². The van der Waals surface area contributed by atoms with Crippen molar-refractivity contribution >= 4 is 11.6 Å². The fraction of sp³-hybridized carbons (Fsp3) is 0.571. The lowest BCUT2D eigenvalue weighted by Gasteiger charge is -2.37. The number of halogens is 1. The molecule has 2 rings (SSSR count). The summed E-state index contributed by atoms with van der Waals surface area (Å²) in [7, 11) is 0. The molecule has 3 nitrogen and oxygen atoms in total. The first kappa shape index (κ1) is 13.8. The number of hydrogen-bond donors (Lipinski definition) is 1. The number of ether oxygens (including phenoxy) is 1. The normalized spacial score (nSPS) is 25.3. The SMILES string of the molecule is Cc1cc(Cl)ccc1CN1C[C@@H](CO)OC[C@@H]1C. The predicted octanol–water partition coefficient (Wildman–Crippen LogP) is 2.23. The van der Waals surface area contributed by atoms with E-state index in [2.05, 4.69) is 24.8 Å². The maximum absolute atomic E-state index is 9.18. The van der Waals surface area contributed by atoms with Crippen LogP contribution < -0.4 is 0 Å². The molecule has 1 N–H and O–H groups in total. The number of aliphatic hydroxyl groups is 1. The van der Waals surface area contributed by atoms with Crippen LogP contribution >= 0.6 is 11.6 Å². The number of hydrogen-bond acceptors (Lipinski definition) is 3. The Hall–Kier alpha value is -0.610. The zero-order valence-corrected chi connectivity index (χ0v) is 11.7. The van der Waals surface area contributed by atoms with Crippen LogP contribution in [0.15, 0.2) is 18.2 Å². The third kappa shape index (κ3) is 3.23. The molecule has 0 bridgehead atoms. The van der Waals surface area contributed by atoms with Gasteiger partial charge in [-0.2, -0.15) is 0 Å². The summed E-state index contributed by atoms with van der Waals surface area (Å²) in [4.78, 5) is 2.35. The van der Waals surface area contributed by atoms with Crippen molar-refractivity contribution in [1.82, 2.24) is 4.90 Å². The van der Waals surface area contributed by atoms with Gasteiger partial charge in [-0.05, 0) is 37.1 Å². The van der Waals surface area contributed by atoms with Crippen molar-refractivity contribution in [2.75, 3.05) is 19.8 Å². The molecule has 0 amide bonds. The third-order valence-electron chi connectivity index (χ3n) is 3.52. The van der Waals surface area contributed by atoms with Gasteiger partial charge in [0.25, 0.3) is 0 Å². The summed E-state index contributed by atoms with van der Waals surface area (Å²) >= 11 is 5.97. The highest BCUT2D eigenvalue weighted by Gasteiger charge is 2.25. The van der Waals surface area contributed by atoms with Crippen LogP contribution in [0.1, 0.15) is 18.1 Å². The smallest absolute Gasteiger partial charge is 0.0933 e. The summed E-state index contributed by atoms with van der Waals surface area (Å²) in [5.74, 6) is 0. The Bertz CT molecular complexity index is 411. The van der Waals surface area contributed by atoms with Gasteiger partial charge < -0.3 is 9.84 Å². The molecule has 1 aromatic rings. The van der Waals surface area contributed by atoms with Crippen molar-refractivity contribution in [3.8, 4) is 0 Å². The van der Waals surface area contributed by atoms with Crippen molar-refractivity contribution in [3.63, 3.8) is 0 Å². The molecule has 100 valence electrons. The molecular formula is C14H20ClNO2. The summed E-state index contributed by atoms with van der Waals surface area (Å²) in [5, 5.41) is 9.96. The van der Waals surface area contributed by atoms with E-state index in [9.17, 15) is 5.11 Å². The molecule has 2 atom stereocenters. The first-order valence-electron chi connectivity index (χ1n) is 6.31. The Kier molecular flexibility index (Phi) is 4.62. The molecule has 0 aliphatic carbocycles. The molecule has 0 spiro atoms. The monoisotopic (exact) mass is 269 g/mol. The number of morpholine rings is 1. The summed E-state index contributed by atoms with van der Waals surface area (Å²) in [6.07, 6.45) is -0.0613. The molecule has 1 aliphatic rings. The topological polar surface area (TPSA) is 32.7 Å². The highest BCUT2D eigenvalue weighted by molar-refractivity contribution is 6.30. The van der Waals surface area contributed by atoms with Crippen molar-refractivity contribution in [3.05, 3.63) is 34.3 Å². The lowest BCUT2D eigenvalue weighted by molar-refractivity contribution is -0.0805. The van der Waals surface area contributed by atoms with Crippen LogP contribution in [0, 0.1) is 6.92 Å². The minimum absolute atomic E-state index is 0.0613. The lowest BCUT2D eigenvalue weighted by Crippen LogP contribution is -2.48. The zero-order chi connectivity index (χ0) is 13.1. The second-order valence-corrected chi connectivity index (χ2v) is 5.42. The molecular weight excluding hydrogens is 250 g/mol. The Balaban J connectivity index is 2.07. The number of rotatable bonds is 3. The van der Waals surface area contributed by atoms with E-state index >= 15 is 0 Å². The highest BCUT2D eigenvalue weighted by Crippen LogP contribution is 2.20. The first-order chi connectivity index (χ1) is 8.60. The van der Waals surface area contributed by atoms with E-state index in [1.165, 1.54) is 11.1 Å². The van der Waals surface area contributed by atoms with Gasteiger partial charge >= 0.3 is 0 Å². The summed E-state index contributed by atoms with van der Waals surface area (Å²) < 4.78 is 5.54. The molecule has 0 aromatic heterocycles.